The van der Waals surface area contributed by atoms with Crippen LogP contribution in [0.15, 0.2) is 12.1 Å². The first kappa shape index (κ1) is 20.6. The van der Waals surface area contributed by atoms with Crippen molar-refractivity contribution in [2.24, 2.45) is 0 Å². The highest BCUT2D eigenvalue weighted by atomic mass is 16.4. The van der Waals surface area contributed by atoms with Crippen molar-refractivity contribution in [3.63, 3.8) is 0 Å². The van der Waals surface area contributed by atoms with E-state index in [9.17, 15) is 45.0 Å². The number of hydrogen-bond donors (Lipinski definition) is 8. The second-order valence-corrected chi connectivity index (χ2v) is 6.42. The third-order valence-corrected chi connectivity index (χ3v) is 4.32. The summed E-state index contributed by atoms with van der Waals surface area (Å²) in [5.41, 5.74) is -3.07. The third-order valence-electron chi connectivity index (χ3n) is 4.32. The SMILES string of the molecule is O=C(O)Cc1cc(O)c(C(=O)NC(=O)C2(O)CC(O)C(O)C(O)C2)cc1O. The fourth-order valence-corrected chi connectivity index (χ4v) is 2.85. The molecular weight excluding hydrogens is 366 g/mol. The van der Waals surface area contributed by atoms with Gasteiger partial charge in [-0.25, -0.2) is 0 Å². The van der Waals surface area contributed by atoms with Crippen LogP contribution >= 0.6 is 0 Å². The summed E-state index contributed by atoms with van der Waals surface area (Å²) in [5.74, 6) is -5.08. The van der Waals surface area contributed by atoms with E-state index in [4.69, 9.17) is 5.11 Å². The lowest BCUT2D eigenvalue weighted by molar-refractivity contribution is -0.172. The van der Waals surface area contributed by atoms with E-state index in [0.29, 0.717) is 0 Å². The monoisotopic (exact) mass is 385 g/mol. The van der Waals surface area contributed by atoms with Gasteiger partial charge in [-0.1, -0.05) is 0 Å². The number of carboxylic acids is 1. The van der Waals surface area contributed by atoms with Crippen molar-refractivity contribution in [2.45, 2.75) is 43.2 Å². The van der Waals surface area contributed by atoms with Crippen molar-refractivity contribution in [3.05, 3.63) is 23.3 Å². The van der Waals surface area contributed by atoms with Gasteiger partial charge in [0.2, 0.25) is 0 Å². The maximum absolute atomic E-state index is 12.2. The van der Waals surface area contributed by atoms with Crippen molar-refractivity contribution < 1.29 is 50.1 Å². The normalized spacial score (nSPS) is 27.8. The average Bonchev–Trinajstić information content (AvgIpc) is 2.55. The number of imide groups is 1. The molecule has 2 amide bonds. The quantitative estimate of drug-likeness (QED) is 0.203. The lowest BCUT2D eigenvalue weighted by Gasteiger charge is -2.38. The summed E-state index contributed by atoms with van der Waals surface area (Å²) >= 11 is 0. The van der Waals surface area contributed by atoms with Gasteiger partial charge < -0.3 is 35.7 Å². The predicted octanol–water partition coefficient (Wildman–Crippen LogP) is -2.41. The fourth-order valence-electron chi connectivity index (χ4n) is 2.85. The van der Waals surface area contributed by atoms with Crippen LogP contribution in [0.4, 0.5) is 0 Å². The topological polar surface area (TPSA) is 205 Å². The molecule has 11 nitrogen and oxygen atoms in total. The minimum absolute atomic E-state index is 0.158. The highest BCUT2D eigenvalue weighted by molar-refractivity contribution is 6.08. The highest BCUT2D eigenvalue weighted by Gasteiger charge is 2.48. The smallest absolute Gasteiger partial charge is 0.307 e. The van der Waals surface area contributed by atoms with Crippen LogP contribution < -0.4 is 5.32 Å². The van der Waals surface area contributed by atoms with Crippen LogP contribution in [0.1, 0.15) is 28.8 Å². The number of carbonyl (C=O) groups is 3. The molecule has 0 saturated heterocycles. The molecule has 1 aliphatic carbocycles. The van der Waals surface area contributed by atoms with Gasteiger partial charge in [-0.2, -0.15) is 0 Å². The van der Waals surface area contributed by atoms with Crippen LogP contribution in [-0.4, -0.2) is 77.4 Å². The van der Waals surface area contributed by atoms with Crippen LogP contribution in [-0.2, 0) is 16.0 Å². The molecule has 0 spiro atoms. The van der Waals surface area contributed by atoms with Crippen molar-refractivity contribution >= 4 is 17.8 Å². The van der Waals surface area contributed by atoms with Crippen LogP contribution in [0.3, 0.4) is 0 Å². The van der Waals surface area contributed by atoms with Gasteiger partial charge in [0.15, 0.2) is 0 Å². The Kier molecular flexibility index (Phi) is 5.70. The van der Waals surface area contributed by atoms with Gasteiger partial charge in [-0.05, 0) is 12.1 Å². The number of amides is 2. The first-order chi connectivity index (χ1) is 12.4. The van der Waals surface area contributed by atoms with Crippen LogP contribution in [0.2, 0.25) is 0 Å². The maximum atomic E-state index is 12.2. The first-order valence-electron chi connectivity index (χ1n) is 7.83. The number of carbonyl (C=O) groups excluding carboxylic acids is 2. The van der Waals surface area contributed by atoms with Gasteiger partial charge in [-0.15, -0.1) is 0 Å². The molecule has 2 rings (SSSR count). The Labute approximate surface area is 152 Å². The maximum Gasteiger partial charge on any atom is 0.307 e. The molecule has 0 heterocycles. The summed E-state index contributed by atoms with van der Waals surface area (Å²) in [6.45, 7) is 0. The number of phenols is 2. The molecule has 0 aliphatic heterocycles. The summed E-state index contributed by atoms with van der Waals surface area (Å²) < 4.78 is 0. The number of nitrogens with one attached hydrogen (secondary N) is 1. The molecule has 2 unspecified atom stereocenters. The van der Waals surface area contributed by atoms with Gasteiger partial charge in [0.25, 0.3) is 11.8 Å². The van der Waals surface area contributed by atoms with E-state index < -0.39 is 78.0 Å². The molecule has 0 radical (unpaired) electrons. The Morgan fingerprint density at radius 2 is 1.59 bits per heavy atom. The van der Waals surface area contributed by atoms with Crippen molar-refractivity contribution in [1.82, 2.24) is 5.32 Å². The zero-order valence-electron chi connectivity index (χ0n) is 13.9. The van der Waals surface area contributed by atoms with Crippen molar-refractivity contribution in [1.29, 1.82) is 0 Å². The zero-order chi connectivity index (χ0) is 20.5. The van der Waals surface area contributed by atoms with Crippen molar-refractivity contribution in [2.75, 3.05) is 0 Å². The number of phenolic OH excluding ortho intramolecular Hbond substituents is 2. The van der Waals surface area contributed by atoms with Gasteiger partial charge in [0.05, 0.1) is 24.2 Å². The van der Waals surface area contributed by atoms with Gasteiger partial charge >= 0.3 is 5.97 Å². The number of carboxylic acid groups (broad SMARTS) is 1. The number of aliphatic hydroxyl groups excluding tert-OH is 3. The molecule has 8 N–H and O–H groups in total. The molecule has 0 bridgehead atoms. The van der Waals surface area contributed by atoms with Gasteiger partial charge in [0.1, 0.15) is 23.2 Å². The van der Waals surface area contributed by atoms with E-state index in [-0.39, 0.29) is 5.56 Å². The Balaban J connectivity index is 2.18. The lowest BCUT2D eigenvalue weighted by Crippen LogP contribution is -2.59. The Morgan fingerprint density at radius 3 is 2.11 bits per heavy atom. The first-order valence-corrected chi connectivity index (χ1v) is 7.83. The molecule has 27 heavy (non-hydrogen) atoms. The summed E-state index contributed by atoms with van der Waals surface area (Å²) in [7, 11) is 0. The molecule has 0 aromatic heterocycles. The Morgan fingerprint density at radius 1 is 1.04 bits per heavy atom. The lowest BCUT2D eigenvalue weighted by atomic mass is 9.79. The zero-order valence-corrected chi connectivity index (χ0v) is 13.9. The van der Waals surface area contributed by atoms with E-state index in [1.54, 1.807) is 5.32 Å². The summed E-state index contributed by atoms with van der Waals surface area (Å²) in [5, 5.41) is 69.1. The van der Waals surface area contributed by atoms with Crippen LogP contribution in [0, 0.1) is 0 Å². The largest absolute Gasteiger partial charge is 0.508 e. The molecule has 11 heteroatoms. The molecule has 1 fully saturated rings. The molecule has 1 saturated carbocycles. The fraction of sp³-hybridized carbons (Fsp3) is 0.438. The average molecular weight is 385 g/mol. The standard InChI is InChI=1S/C16H19NO10/c18-8-3-7(9(19)1-6(8)2-12(22)23)14(25)17-15(26)16(27)4-10(20)13(24)11(21)5-16/h1,3,10-11,13,18-21,24,27H,2,4-5H2,(H,22,23)(H,17,25,26). The van der Waals surface area contributed by atoms with Crippen molar-refractivity contribution in [3.8, 4) is 11.5 Å². The minimum atomic E-state index is -2.35. The molecule has 1 aromatic rings. The molecule has 148 valence electrons. The predicted molar refractivity (Wildman–Crippen MR) is 85.8 cm³/mol. The van der Waals surface area contributed by atoms with E-state index in [1.165, 1.54) is 0 Å². The number of rotatable bonds is 4. The van der Waals surface area contributed by atoms with Gasteiger partial charge in [-0.3, -0.25) is 19.7 Å². The minimum Gasteiger partial charge on any atom is -0.508 e. The van der Waals surface area contributed by atoms with E-state index in [0.717, 1.165) is 12.1 Å². The van der Waals surface area contributed by atoms with E-state index in [2.05, 4.69) is 0 Å². The molecule has 1 aromatic carbocycles. The second-order valence-electron chi connectivity index (χ2n) is 6.42. The summed E-state index contributed by atoms with van der Waals surface area (Å²) in [4.78, 5) is 35.1. The summed E-state index contributed by atoms with van der Waals surface area (Å²) in [6, 6.07) is 1.61. The molecular formula is C16H19NO10. The number of benzene rings is 1. The third kappa shape index (κ3) is 4.34. The molecule has 2 atom stereocenters. The second kappa shape index (κ2) is 7.48. The van der Waals surface area contributed by atoms with Crippen LogP contribution in [0.5, 0.6) is 11.5 Å². The Hall–Kier alpha value is -2.73. The van der Waals surface area contributed by atoms with Gasteiger partial charge in [0, 0.05) is 18.4 Å². The molecule has 1 aliphatic rings. The Bertz CT molecular complexity index is 765. The summed E-state index contributed by atoms with van der Waals surface area (Å²) in [6.07, 6.45) is -6.66. The van der Waals surface area contributed by atoms with E-state index in [1.807, 2.05) is 0 Å². The number of aliphatic hydroxyl groups is 4. The highest BCUT2D eigenvalue weighted by Crippen LogP contribution is 2.31. The number of aromatic hydroxyl groups is 2. The number of hydrogen-bond acceptors (Lipinski definition) is 9. The van der Waals surface area contributed by atoms with E-state index >= 15 is 0 Å². The number of aliphatic carboxylic acids is 1. The van der Waals surface area contributed by atoms with Crippen LogP contribution in [0.25, 0.3) is 0 Å².